The molecular formula is C20H30N2O3. The summed E-state index contributed by atoms with van der Waals surface area (Å²) in [6.07, 6.45) is 1.52. The molecule has 0 radical (unpaired) electrons. The van der Waals surface area contributed by atoms with E-state index in [0.717, 1.165) is 42.7 Å². The first-order chi connectivity index (χ1) is 11.9. The zero-order valence-corrected chi connectivity index (χ0v) is 15.8. The van der Waals surface area contributed by atoms with Crippen molar-refractivity contribution in [3.63, 3.8) is 0 Å². The van der Waals surface area contributed by atoms with Gasteiger partial charge in [0.25, 0.3) is 0 Å². The third kappa shape index (κ3) is 5.30. The lowest BCUT2D eigenvalue weighted by molar-refractivity contribution is -0.149. The fourth-order valence-corrected chi connectivity index (χ4v) is 3.31. The Balaban J connectivity index is 1.89. The van der Waals surface area contributed by atoms with Gasteiger partial charge in [-0.05, 0) is 56.8 Å². The molecule has 5 heteroatoms. The van der Waals surface area contributed by atoms with Crippen LogP contribution in [0.25, 0.3) is 0 Å². The first-order valence-electron chi connectivity index (χ1n) is 9.20. The molecule has 0 atom stereocenters. The molecule has 25 heavy (non-hydrogen) atoms. The van der Waals surface area contributed by atoms with Crippen LogP contribution in [0.3, 0.4) is 0 Å². The van der Waals surface area contributed by atoms with E-state index in [0.29, 0.717) is 19.1 Å². The third-order valence-corrected chi connectivity index (χ3v) is 4.77. The summed E-state index contributed by atoms with van der Waals surface area (Å²) >= 11 is 0. The van der Waals surface area contributed by atoms with Gasteiger partial charge in [0, 0.05) is 5.69 Å². The molecule has 1 saturated heterocycles. The minimum Gasteiger partial charge on any atom is -0.466 e. The van der Waals surface area contributed by atoms with Crippen molar-refractivity contribution in [2.24, 2.45) is 5.92 Å². The third-order valence-electron chi connectivity index (χ3n) is 4.77. The van der Waals surface area contributed by atoms with Crippen molar-refractivity contribution in [3.05, 3.63) is 29.3 Å². The van der Waals surface area contributed by atoms with Crippen molar-refractivity contribution in [1.29, 1.82) is 0 Å². The van der Waals surface area contributed by atoms with E-state index in [-0.39, 0.29) is 17.8 Å². The average molecular weight is 346 g/mol. The number of hydrogen-bond acceptors (Lipinski definition) is 4. The molecule has 1 aromatic rings. The molecule has 138 valence electrons. The summed E-state index contributed by atoms with van der Waals surface area (Å²) in [6.45, 7) is 10.4. The zero-order chi connectivity index (χ0) is 18.4. The van der Waals surface area contributed by atoms with Gasteiger partial charge in [-0.3, -0.25) is 14.5 Å². The van der Waals surface area contributed by atoms with Crippen molar-refractivity contribution in [2.75, 3.05) is 31.6 Å². The number of likely N-dealkylation sites (tertiary alicyclic amines) is 1. The number of piperidine rings is 1. The van der Waals surface area contributed by atoms with Gasteiger partial charge in [-0.1, -0.05) is 32.0 Å². The number of benzene rings is 1. The Morgan fingerprint density at radius 3 is 2.56 bits per heavy atom. The Morgan fingerprint density at radius 1 is 1.28 bits per heavy atom. The van der Waals surface area contributed by atoms with Crippen LogP contribution in [0.2, 0.25) is 0 Å². The summed E-state index contributed by atoms with van der Waals surface area (Å²) in [7, 11) is 0. The monoisotopic (exact) mass is 346 g/mol. The maximum atomic E-state index is 12.5. The zero-order valence-electron chi connectivity index (χ0n) is 15.8. The highest BCUT2D eigenvalue weighted by Gasteiger charge is 2.27. The first-order valence-corrected chi connectivity index (χ1v) is 9.20. The molecule has 2 rings (SSSR count). The maximum Gasteiger partial charge on any atom is 0.309 e. The minimum atomic E-state index is -0.104. The molecule has 0 unspecified atom stereocenters. The second-order valence-electron chi connectivity index (χ2n) is 7.04. The number of carbonyl (C=O) groups excluding carboxylic acids is 2. The summed E-state index contributed by atoms with van der Waals surface area (Å²) in [4.78, 5) is 26.4. The van der Waals surface area contributed by atoms with Gasteiger partial charge in [-0.15, -0.1) is 0 Å². The van der Waals surface area contributed by atoms with Gasteiger partial charge in [-0.2, -0.15) is 0 Å². The van der Waals surface area contributed by atoms with Gasteiger partial charge in [-0.25, -0.2) is 0 Å². The molecular weight excluding hydrogens is 316 g/mol. The SMILES string of the molecule is CCOC(=O)C1CCN(CC(=O)Nc2c(C)cccc2C(C)C)CC1. The summed E-state index contributed by atoms with van der Waals surface area (Å²) < 4.78 is 5.09. The summed E-state index contributed by atoms with van der Waals surface area (Å²) in [5, 5.41) is 3.09. The lowest BCUT2D eigenvalue weighted by atomic mass is 9.97. The van der Waals surface area contributed by atoms with Crippen LogP contribution >= 0.6 is 0 Å². The fourth-order valence-electron chi connectivity index (χ4n) is 3.31. The predicted molar refractivity (Wildman–Crippen MR) is 99.7 cm³/mol. The Bertz CT molecular complexity index is 605. The lowest BCUT2D eigenvalue weighted by Gasteiger charge is -2.30. The quantitative estimate of drug-likeness (QED) is 0.803. The van der Waals surface area contributed by atoms with Crippen LogP contribution in [-0.2, 0) is 14.3 Å². The summed E-state index contributed by atoms with van der Waals surface area (Å²) in [5.74, 6) is 0.234. The van der Waals surface area contributed by atoms with Crippen LogP contribution in [0.4, 0.5) is 5.69 Å². The smallest absolute Gasteiger partial charge is 0.309 e. The van der Waals surface area contributed by atoms with Crippen molar-refractivity contribution < 1.29 is 14.3 Å². The largest absolute Gasteiger partial charge is 0.466 e. The number of hydrogen-bond donors (Lipinski definition) is 1. The van der Waals surface area contributed by atoms with E-state index in [2.05, 4.69) is 30.1 Å². The standard InChI is InChI=1S/C20H30N2O3/c1-5-25-20(24)16-9-11-22(12-10-16)13-18(23)21-19-15(4)7-6-8-17(19)14(2)3/h6-8,14,16H,5,9-13H2,1-4H3,(H,21,23). The molecule has 0 aliphatic carbocycles. The molecule has 0 saturated carbocycles. The lowest BCUT2D eigenvalue weighted by Crippen LogP contribution is -2.41. The highest BCUT2D eigenvalue weighted by Crippen LogP contribution is 2.27. The van der Waals surface area contributed by atoms with Gasteiger partial charge in [0.15, 0.2) is 0 Å². The average Bonchev–Trinajstić information content (AvgIpc) is 2.57. The fraction of sp³-hybridized carbons (Fsp3) is 0.600. The van der Waals surface area contributed by atoms with Gasteiger partial charge >= 0.3 is 5.97 Å². The Hall–Kier alpha value is -1.88. The van der Waals surface area contributed by atoms with Crippen molar-refractivity contribution >= 4 is 17.6 Å². The van der Waals surface area contributed by atoms with Crippen molar-refractivity contribution in [2.45, 2.75) is 46.5 Å². The van der Waals surface area contributed by atoms with Crippen LogP contribution < -0.4 is 5.32 Å². The number of aryl methyl sites for hydroxylation is 1. The van der Waals surface area contributed by atoms with Gasteiger partial charge < -0.3 is 10.1 Å². The van der Waals surface area contributed by atoms with Gasteiger partial charge in [0.1, 0.15) is 0 Å². The van der Waals surface area contributed by atoms with E-state index < -0.39 is 0 Å². The number of nitrogens with zero attached hydrogens (tertiary/aromatic N) is 1. The number of anilines is 1. The number of amides is 1. The molecule has 1 fully saturated rings. The Morgan fingerprint density at radius 2 is 1.96 bits per heavy atom. The van der Waals surface area contributed by atoms with Crippen LogP contribution in [-0.4, -0.2) is 43.0 Å². The van der Waals surface area contributed by atoms with Crippen LogP contribution in [0, 0.1) is 12.8 Å². The van der Waals surface area contributed by atoms with Crippen LogP contribution in [0.15, 0.2) is 18.2 Å². The summed E-state index contributed by atoms with van der Waals surface area (Å²) in [6, 6.07) is 6.12. The topological polar surface area (TPSA) is 58.6 Å². The Kier molecular flexibility index (Phi) is 7.00. The normalized spacial score (nSPS) is 16.0. The van der Waals surface area contributed by atoms with Gasteiger partial charge in [0.2, 0.25) is 5.91 Å². The van der Waals surface area contributed by atoms with E-state index in [4.69, 9.17) is 4.74 Å². The highest BCUT2D eigenvalue weighted by molar-refractivity contribution is 5.94. The van der Waals surface area contributed by atoms with E-state index in [9.17, 15) is 9.59 Å². The number of esters is 1. The molecule has 1 heterocycles. The number of rotatable bonds is 6. The molecule has 1 aromatic carbocycles. The molecule has 1 N–H and O–H groups in total. The molecule has 1 aliphatic heterocycles. The van der Waals surface area contributed by atoms with Crippen molar-refractivity contribution in [1.82, 2.24) is 4.90 Å². The van der Waals surface area contributed by atoms with E-state index in [1.54, 1.807) is 0 Å². The second kappa shape index (κ2) is 8.99. The van der Waals surface area contributed by atoms with E-state index in [1.807, 2.05) is 26.0 Å². The molecule has 0 bridgehead atoms. The number of para-hydroxylation sites is 1. The van der Waals surface area contributed by atoms with Gasteiger partial charge in [0.05, 0.1) is 19.1 Å². The predicted octanol–water partition coefficient (Wildman–Crippen LogP) is 3.33. The number of ether oxygens (including phenoxy) is 1. The molecule has 5 nitrogen and oxygen atoms in total. The molecule has 1 aliphatic rings. The molecule has 0 spiro atoms. The number of carbonyl (C=O) groups is 2. The molecule has 1 amide bonds. The van der Waals surface area contributed by atoms with Crippen LogP contribution in [0.1, 0.15) is 50.7 Å². The summed E-state index contributed by atoms with van der Waals surface area (Å²) in [5.41, 5.74) is 3.18. The number of nitrogens with one attached hydrogen (secondary N) is 1. The second-order valence-corrected chi connectivity index (χ2v) is 7.04. The molecule has 0 aromatic heterocycles. The van der Waals surface area contributed by atoms with E-state index >= 15 is 0 Å². The maximum absolute atomic E-state index is 12.5. The minimum absolute atomic E-state index is 0.00536. The van der Waals surface area contributed by atoms with Crippen LogP contribution in [0.5, 0.6) is 0 Å². The Labute approximate surface area is 150 Å². The first kappa shape index (κ1) is 19.4. The van der Waals surface area contributed by atoms with E-state index in [1.165, 1.54) is 0 Å². The van der Waals surface area contributed by atoms with Crippen molar-refractivity contribution in [3.8, 4) is 0 Å². The highest BCUT2D eigenvalue weighted by atomic mass is 16.5.